The zero-order valence-electron chi connectivity index (χ0n) is 19.0. The number of amides is 3. The molecule has 9 heteroatoms. The van der Waals surface area contributed by atoms with Crippen LogP contribution in [0.1, 0.15) is 46.1 Å². The first-order valence-electron chi connectivity index (χ1n) is 10.7. The van der Waals surface area contributed by atoms with E-state index in [2.05, 4.69) is 10.6 Å². The monoisotopic (exact) mass is 441 g/mol. The van der Waals surface area contributed by atoms with Crippen molar-refractivity contribution in [1.29, 1.82) is 5.41 Å². The van der Waals surface area contributed by atoms with Gasteiger partial charge in [-0.05, 0) is 31.7 Å². The van der Waals surface area contributed by atoms with E-state index in [1.165, 1.54) is 0 Å². The Labute approximate surface area is 187 Å². The highest BCUT2D eigenvalue weighted by molar-refractivity contribution is 6.44. The van der Waals surface area contributed by atoms with Gasteiger partial charge in [-0.3, -0.25) is 24.6 Å². The van der Waals surface area contributed by atoms with Crippen LogP contribution in [0, 0.1) is 16.7 Å². The number of nitrogens with two attached hydrogens (primary N) is 1. The molecule has 1 unspecified atom stereocenters. The summed E-state index contributed by atoms with van der Waals surface area (Å²) in [5.74, 6) is -1.24. The maximum atomic E-state index is 13.2. The van der Waals surface area contributed by atoms with E-state index in [9.17, 15) is 19.2 Å². The van der Waals surface area contributed by atoms with Crippen LogP contribution < -0.4 is 16.4 Å². The average molecular weight is 442 g/mol. The second kappa shape index (κ2) is 8.37. The number of rotatable bonds is 8. The minimum atomic E-state index is -1.02. The third kappa shape index (κ3) is 4.51. The van der Waals surface area contributed by atoms with Crippen molar-refractivity contribution in [3.05, 3.63) is 29.8 Å². The Hall–Kier alpha value is -3.23. The number of ketones is 1. The SMILES string of the molecule is CC(C)(C)C(=O)CNC(=O)C1(C)C[C@H]2C[C@H]2N1C(=O)CNc1ccccc1C(=N)C(N)=O. The lowest BCUT2D eigenvalue weighted by Crippen LogP contribution is -2.59. The van der Waals surface area contributed by atoms with Gasteiger partial charge in [-0.15, -0.1) is 0 Å². The second-order valence-electron chi connectivity index (χ2n) is 9.80. The van der Waals surface area contributed by atoms with Crippen LogP contribution >= 0.6 is 0 Å². The highest BCUT2D eigenvalue weighted by Crippen LogP contribution is 2.52. The Morgan fingerprint density at radius 1 is 1.19 bits per heavy atom. The van der Waals surface area contributed by atoms with E-state index in [-0.39, 0.29) is 48.4 Å². The summed E-state index contributed by atoms with van der Waals surface area (Å²) in [5, 5.41) is 13.6. The highest BCUT2D eigenvalue weighted by Gasteiger charge is 2.62. The summed E-state index contributed by atoms with van der Waals surface area (Å²) in [5.41, 5.74) is 4.04. The Morgan fingerprint density at radius 3 is 2.47 bits per heavy atom. The van der Waals surface area contributed by atoms with Gasteiger partial charge < -0.3 is 21.3 Å². The lowest BCUT2D eigenvalue weighted by Gasteiger charge is -2.37. The quantitative estimate of drug-likeness (QED) is 0.446. The maximum Gasteiger partial charge on any atom is 0.267 e. The van der Waals surface area contributed by atoms with Gasteiger partial charge in [0.25, 0.3) is 5.91 Å². The summed E-state index contributed by atoms with van der Waals surface area (Å²) in [6.45, 7) is 6.96. The molecular formula is C23H31N5O4. The molecule has 1 aliphatic carbocycles. The van der Waals surface area contributed by atoms with Gasteiger partial charge in [0.1, 0.15) is 11.3 Å². The number of carbonyl (C=O) groups is 4. The number of hydrogen-bond donors (Lipinski definition) is 4. The second-order valence-corrected chi connectivity index (χ2v) is 9.80. The predicted octanol–water partition coefficient (Wildman–Crippen LogP) is 1.06. The number of carbonyl (C=O) groups excluding carboxylic acids is 4. The molecule has 2 aliphatic rings. The third-order valence-corrected chi connectivity index (χ3v) is 6.29. The van der Waals surface area contributed by atoms with Crippen LogP contribution in [0.4, 0.5) is 5.69 Å². The van der Waals surface area contributed by atoms with Crippen molar-refractivity contribution in [1.82, 2.24) is 10.2 Å². The molecule has 32 heavy (non-hydrogen) atoms. The number of piperidine rings is 1. The van der Waals surface area contributed by atoms with E-state index in [1.54, 1.807) is 56.9 Å². The molecule has 3 rings (SSSR count). The Bertz CT molecular complexity index is 983. The number of para-hydroxylation sites is 1. The number of nitrogens with one attached hydrogen (secondary N) is 3. The molecule has 2 fully saturated rings. The molecule has 1 saturated heterocycles. The van der Waals surface area contributed by atoms with Gasteiger partial charge >= 0.3 is 0 Å². The fourth-order valence-electron chi connectivity index (χ4n) is 4.26. The van der Waals surface area contributed by atoms with Crippen LogP contribution in [-0.4, -0.2) is 58.8 Å². The largest absolute Gasteiger partial charge is 0.376 e. The molecule has 5 N–H and O–H groups in total. The average Bonchev–Trinajstić information content (AvgIpc) is 3.39. The van der Waals surface area contributed by atoms with Crippen molar-refractivity contribution < 1.29 is 19.2 Å². The summed E-state index contributed by atoms with van der Waals surface area (Å²) < 4.78 is 0. The van der Waals surface area contributed by atoms with Crippen LogP contribution in [0.25, 0.3) is 0 Å². The van der Waals surface area contributed by atoms with E-state index in [0.29, 0.717) is 17.7 Å². The minimum Gasteiger partial charge on any atom is -0.376 e. The zero-order valence-corrected chi connectivity index (χ0v) is 19.0. The summed E-state index contributed by atoms with van der Waals surface area (Å²) in [7, 11) is 0. The number of benzene rings is 1. The molecule has 0 aromatic heterocycles. The van der Waals surface area contributed by atoms with Gasteiger partial charge in [-0.2, -0.15) is 0 Å². The van der Waals surface area contributed by atoms with Crippen LogP contribution in [0.5, 0.6) is 0 Å². The Morgan fingerprint density at radius 2 is 1.84 bits per heavy atom. The fraction of sp³-hybridized carbons (Fsp3) is 0.522. The van der Waals surface area contributed by atoms with Gasteiger partial charge in [0, 0.05) is 22.7 Å². The summed E-state index contributed by atoms with van der Waals surface area (Å²) in [4.78, 5) is 51.4. The summed E-state index contributed by atoms with van der Waals surface area (Å²) >= 11 is 0. The zero-order chi connectivity index (χ0) is 23.8. The predicted molar refractivity (Wildman–Crippen MR) is 120 cm³/mol. The van der Waals surface area contributed by atoms with Gasteiger partial charge in [0.05, 0.1) is 13.1 Å². The summed E-state index contributed by atoms with van der Waals surface area (Å²) in [6, 6.07) is 6.65. The van der Waals surface area contributed by atoms with Gasteiger partial charge in [0.15, 0.2) is 5.78 Å². The third-order valence-electron chi connectivity index (χ3n) is 6.29. The molecule has 0 radical (unpaired) electrons. The minimum absolute atomic E-state index is 0.0116. The lowest BCUT2D eigenvalue weighted by molar-refractivity contribution is -0.145. The maximum absolute atomic E-state index is 13.2. The molecule has 172 valence electrons. The van der Waals surface area contributed by atoms with Crippen molar-refractivity contribution in [2.45, 2.75) is 52.1 Å². The number of hydrogen-bond acceptors (Lipinski definition) is 6. The molecule has 9 nitrogen and oxygen atoms in total. The first-order valence-corrected chi connectivity index (χ1v) is 10.7. The Balaban J connectivity index is 1.70. The molecule has 3 atom stereocenters. The van der Waals surface area contributed by atoms with Gasteiger partial charge in [-0.25, -0.2) is 0 Å². The van der Waals surface area contributed by atoms with Crippen LogP contribution in [0.15, 0.2) is 24.3 Å². The molecule has 1 aliphatic heterocycles. The Kier molecular flexibility index (Phi) is 6.13. The number of Topliss-reactive ketones (excluding diaryl/α,β-unsaturated/α-hetero) is 1. The molecule has 0 spiro atoms. The number of nitrogens with zero attached hydrogens (tertiary/aromatic N) is 1. The van der Waals surface area contributed by atoms with Crippen molar-refractivity contribution >= 4 is 34.9 Å². The molecule has 1 heterocycles. The molecule has 1 aromatic carbocycles. The molecule has 1 aromatic rings. The van der Waals surface area contributed by atoms with E-state index in [1.807, 2.05) is 0 Å². The standard InChI is InChI=1S/C23H31N5O4/c1-22(2,3)17(29)11-27-21(32)23(4)10-13-9-16(13)28(23)18(30)12-26-15-8-6-5-7-14(15)19(24)20(25)31/h5-8,13,16,24,26H,9-12H2,1-4H3,(H2,25,31)(H,27,32)/t13-,16-,23?/m1/s1. The highest BCUT2D eigenvalue weighted by atomic mass is 16.2. The number of anilines is 1. The number of primary amides is 1. The van der Waals surface area contributed by atoms with E-state index in [0.717, 1.165) is 6.42 Å². The molecule has 3 amide bonds. The van der Waals surface area contributed by atoms with Crippen molar-refractivity contribution in [3.63, 3.8) is 0 Å². The first kappa shape index (κ1) is 23.4. The topological polar surface area (TPSA) is 145 Å². The fourth-order valence-corrected chi connectivity index (χ4v) is 4.26. The lowest BCUT2D eigenvalue weighted by atomic mass is 9.90. The van der Waals surface area contributed by atoms with Crippen molar-refractivity contribution in [2.75, 3.05) is 18.4 Å². The number of likely N-dealkylation sites (tertiary alicyclic amines) is 1. The summed E-state index contributed by atoms with van der Waals surface area (Å²) in [6.07, 6.45) is 1.42. The van der Waals surface area contributed by atoms with E-state index in [4.69, 9.17) is 11.1 Å². The molecule has 1 saturated carbocycles. The number of fused-ring (bicyclic) bond motifs is 1. The molecular weight excluding hydrogens is 410 g/mol. The van der Waals surface area contributed by atoms with Gasteiger partial charge in [0.2, 0.25) is 11.8 Å². The van der Waals surface area contributed by atoms with E-state index < -0.39 is 16.9 Å². The van der Waals surface area contributed by atoms with Gasteiger partial charge in [-0.1, -0.05) is 39.0 Å². The first-order chi connectivity index (χ1) is 14.9. The van der Waals surface area contributed by atoms with Crippen LogP contribution in [0.3, 0.4) is 0 Å². The van der Waals surface area contributed by atoms with Crippen LogP contribution in [0.2, 0.25) is 0 Å². The van der Waals surface area contributed by atoms with Crippen LogP contribution in [-0.2, 0) is 19.2 Å². The van der Waals surface area contributed by atoms with E-state index >= 15 is 0 Å². The smallest absolute Gasteiger partial charge is 0.267 e. The molecule has 0 bridgehead atoms. The van der Waals surface area contributed by atoms with Crippen molar-refractivity contribution in [2.24, 2.45) is 17.1 Å². The van der Waals surface area contributed by atoms with Crippen molar-refractivity contribution in [3.8, 4) is 0 Å². The normalized spacial score (nSPS) is 23.8.